The fraction of sp³-hybridized carbons (Fsp3) is 0.211. The summed E-state index contributed by atoms with van der Waals surface area (Å²) in [7, 11) is 0. The number of carbonyl (C=O) groups is 2. The highest BCUT2D eigenvalue weighted by molar-refractivity contribution is 6.09. The zero-order valence-electron chi connectivity index (χ0n) is 15.0. The Labute approximate surface area is 157 Å². The first-order valence-corrected chi connectivity index (χ1v) is 8.25. The van der Waals surface area contributed by atoms with E-state index < -0.39 is 30.4 Å². The van der Waals surface area contributed by atoms with Crippen molar-refractivity contribution < 1.29 is 27.9 Å². The van der Waals surface area contributed by atoms with Crippen LogP contribution in [0.2, 0.25) is 0 Å². The number of nitrogens with one attached hydrogen (secondary N) is 1. The molecule has 2 N–H and O–H groups in total. The molecule has 3 aromatic rings. The molecule has 3 rings (SSSR count). The van der Waals surface area contributed by atoms with Crippen LogP contribution < -0.4 is 5.32 Å². The molecule has 0 atom stereocenters. The summed E-state index contributed by atoms with van der Waals surface area (Å²) in [5.41, 5.74) is 1.76. The van der Waals surface area contributed by atoms with Crippen LogP contribution in [0.15, 0.2) is 36.4 Å². The Morgan fingerprint density at radius 1 is 1.11 bits per heavy atom. The van der Waals surface area contributed by atoms with Gasteiger partial charge in [0.1, 0.15) is 12.1 Å². The molecule has 1 heterocycles. The van der Waals surface area contributed by atoms with Gasteiger partial charge in [-0.3, -0.25) is 9.59 Å². The van der Waals surface area contributed by atoms with Crippen LogP contribution in [0.3, 0.4) is 0 Å². The molecule has 0 spiro atoms. The largest absolute Gasteiger partial charge is 0.480 e. The van der Waals surface area contributed by atoms with Crippen molar-refractivity contribution in [3.05, 3.63) is 58.9 Å². The number of hydrogen-bond donors (Lipinski definition) is 2. The van der Waals surface area contributed by atoms with Crippen molar-refractivity contribution in [2.75, 3.05) is 5.32 Å². The van der Waals surface area contributed by atoms with Crippen molar-refractivity contribution in [1.29, 1.82) is 0 Å². The van der Waals surface area contributed by atoms with Gasteiger partial charge in [0.05, 0.1) is 11.2 Å². The standard InChI is InChI=1S/C19H16F3N3O3/c1-10-5-3-6-11(2)15(10)17(28)23-12-7-4-8-13-16(12)24-18(19(20,21)22)25(13)9-14(26)27/h3-8H,9H2,1-2H3,(H,23,28)(H,26,27). The van der Waals surface area contributed by atoms with Gasteiger partial charge >= 0.3 is 12.1 Å². The lowest BCUT2D eigenvalue weighted by Crippen LogP contribution is -2.18. The fourth-order valence-electron chi connectivity index (χ4n) is 3.12. The second-order valence-electron chi connectivity index (χ2n) is 6.31. The van der Waals surface area contributed by atoms with Crippen molar-refractivity contribution in [3.63, 3.8) is 0 Å². The lowest BCUT2D eigenvalue weighted by Gasteiger charge is -2.11. The zero-order chi connectivity index (χ0) is 20.6. The number of aliphatic carboxylic acids is 1. The van der Waals surface area contributed by atoms with Gasteiger partial charge in [0.2, 0.25) is 5.82 Å². The van der Waals surface area contributed by atoms with Gasteiger partial charge in [0, 0.05) is 5.56 Å². The smallest absolute Gasteiger partial charge is 0.449 e. The van der Waals surface area contributed by atoms with Gasteiger partial charge in [-0.2, -0.15) is 13.2 Å². The van der Waals surface area contributed by atoms with Gasteiger partial charge in [0.25, 0.3) is 5.91 Å². The zero-order valence-corrected chi connectivity index (χ0v) is 15.0. The van der Waals surface area contributed by atoms with E-state index in [-0.39, 0.29) is 16.7 Å². The van der Waals surface area contributed by atoms with Gasteiger partial charge in [-0.25, -0.2) is 4.98 Å². The quantitative estimate of drug-likeness (QED) is 0.704. The number of carbonyl (C=O) groups excluding carboxylic acids is 1. The van der Waals surface area contributed by atoms with Gasteiger partial charge in [0.15, 0.2) is 0 Å². The van der Waals surface area contributed by atoms with Gasteiger partial charge < -0.3 is 15.0 Å². The lowest BCUT2D eigenvalue weighted by atomic mass is 10.0. The molecule has 28 heavy (non-hydrogen) atoms. The summed E-state index contributed by atoms with van der Waals surface area (Å²) in [6.07, 6.45) is -4.84. The number of carboxylic acids is 1. The molecule has 0 fully saturated rings. The minimum atomic E-state index is -4.84. The third kappa shape index (κ3) is 3.55. The summed E-state index contributed by atoms with van der Waals surface area (Å²) in [4.78, 5) is 27.3. The number of rotatable bonds is 4. The first-order chi connectivity index (χ1) is 13.1. The second-order valence-corrected chi connectivity index (χ2v) is 6.31. The highest BCUT2D eigenvalue weighted by Crippen LogP contribution is 2.34. The number of amides is 1. The molecule has 6 nitrogen and oxygen atoms in total. The number of carboxylic acid groups (broad SMARTS) is 1. The number of anilines is 1. The Hall–Kier alpha value is -3.36. The van der Waals surface area contributed by atoms with Crippen molar-refractivity contribution in [2.24, 2.45) is 0 Å². The molecule has 0 aliphatic carbocycles. The molecule has 0 aliphatic heterocycles. The average molecular weight is 391 g/mol. The summed E-state index contributed by atoms with van der Waals surface area (Å²) in [6, 6.07) is 9.49. The van der Waals surface area contributed by atoms with Crippen LogP contribution >= 0.6 is 0 Å². The summed E-state index contributed by atoms with van der Waals surface area (Å²) in [6.45, 7) is 2.61. The number of imidazole rings is 1. The van der Waals surface area contributed by atoms with Gasteiger partial charge in [-0.05, 0) is 37.1 Å². The maximum absolute atomic E-state index is 13.3. The van der Waals surface area contributed by atoms with E-state index in [2.05, 4.69) is 10.3 Å². The maximum Gasteiger partial charge on any atom is 0.449 e. The van der Waals surface area contributed by atoms with E-state index in [1.165, 1.54) is 18.2 Å². The Balaban J connectivity index is 2.11. The van der Waals surface area contributed by atoms with Crippen LogP contribution in [0.25, 0.3) is 11.0 Å². The molecular weight excluding hydrogens is 375 g/mol. The predicted octanol–water partition coefficient (Wildman–Crippen LogP) is 4.01. The van der Waals surface area contributed by atoms with Crippen molar-refractivity contribution in [2.45, 2.75) is 26.6 Å². The Bertz CT molecular complexity index is 1070. The third-order valence-electron chi connectivity index (χ3n) is 4.28. The molecule has 1 amide bonds. The molecule has 146 valence electrons. The number of fused-ring (bicyclic) bond motifs is 1. The van der Waals surface area contributed by atoms with Crippen LogP contribution in [0.4, 0.5) is 18.9 Å². The van der Waals surface area contributed by atoms with E-state index in [0.717, 1.165) is 11.1 Å². The number of aryl methyl sites for hydroxylation is 2. The van der Waals surface area contributed by atoms with Crippen LogP contribution in [0.1, 0.15) is 27.3 Å². The van der Waals surface area contributed by atoms with E-state index in [9.17, 15) is 22.8 Å². The SMILES string of the molecule is Cc1cccc(C)c1C(=O)Nc1cccc2c1nc(C(F)(F)F)n2CC(=O)O. The van der Waals surface area contributed by atoms with Crippen LogP contribution in [-0.4, -0.2) is 26.5 Å². The summed E-state index contributed by atoms with van der Waals surface area (Å²) in [5.74, 6) is -3.25. The fourth-order valence-corrected chi connectivity index (χ4v) is 3.12. The normalized spacial score (nSPS) is 11.6. The Morgan fingerprint density at radius 2 is 1.71 bits per heavy atom. The Morgan fingerprint density at radius 3 is 2.29 bits per heavy atom. The number of aromatic nitrogens is 2. The maximum atomic E-state index is 13.3. The minimum absolute atomic E-state index is 0.0333. The van der Waals surface area contributed by atoms with E-state index in [4.69, 9.17) is 5.11 Å². The molecule has 9 heteroatoms. The van der Waals surface area contributed by atoms with E-state index in [1.54, 1.807) is 32.0 Å². The lowest BCUT2D eigenvalue weighted by molar-refractivity contribution is -0.148. The predicted molar refractivity (Wildman–Crippen MR) is 96.2 cm³/mol. The molecule has 2 aromatic carbocycles. The van der Waals surface area contributed by atoms with Crippen LogP contribution in [-0.2, 0) is 17.5 Å². The van der Waals surface area contributed by atoms with Gasteiger partial charge in [-0.15, -0.1) is 0 Å². The summed E-state index contributed by atoms with van der Waals surface area (Å²) in [5, 5.41) is 11.6. The molecule has 0 unspecified atom stereocenters. The molecule has 0 aliphatic rings. The number of benzene rings is 2. The number of hydrogen-bond acceptors (Lipinski definition) is 3. The second kappa shape index (κ2) is 6.99. The summed E-state index contributed by atoms with van der Waals surface area (Å²) < 4.78 is 40.6. The van der Waals surface area contributed by atoms with Crippen molar-refractivity contribution >= 4 is 28.6 Å². The van der Waals surface area contributed by atoms with E-state index >= 15 is 0 Å². The monoisotopic (exact) mass is 391 g/mol. The minimum Gasteiger partial charge on any atom is -0.480 e. The van der Waals surface area contributed by atoms with Crippen LogP contribution in [0.5, 0.6) is 0 Å². The van der Waals surface area contributed by atoms with Crippen molar-refractivity contribution in [1.82, 2.24) is 9.55 Å². The topological polar surface area (TPSA) is 84.2 Å². The van der Waals surface area contributed by atoms with Crippen LogP contribution in [0, 0.1) is 13.8 Å². The Kier molecular flexibility index (Phi) is 4.84. The average Bonchev–Trinajstić information content (AvgIpc) is 2.94. The highest BCUT2D eigenvalue weighted by Gasteiger charge is 2.38. The molecular formula is C19H16F3N3O3. The first kappa shape index (κ1) is 19.4. The van der Waals surface area contributed by atoms with Crippen molar-refractivity contribution in [3.8, 4) is 0 Å². The number of nitrogens with zero attached hydrogens (tertiary/aromatic N) is 2. The first-order valence-electron chi connectivity index (χ1n) is 8.25. The number of para-hydroxylation sites is 1. The highest BCUT2D eigenvalue weighted by atomic mass is 19.4. The summed E-state index contributed by atoms with van der Waals surface area (Å²) >= 11 is 0. The molecule has 1 aromatic heterocycles. The molecule has 0 bridgehead atoms. The molecule has 0 saturated carbocycles. The number of halogens is 3. The molecule has 0 radical (unpaired) electrons. The molecule has 0 saturated heterocycles. The number of alkyl halides is 3. The van der Waals surface area contributed by atoms with E-state index in [0.29, 0.717) is 10.1 Å². The third-order valence-corrected chi connectivity index (χ3v) is 4.28. The van der Waals surface area contributed by atoms with E-state index in [1.807, 2.05) is 0 Å². The van der Waals surface area contributed by atoms with Gasteiger partial charge in [-0.1, -0.05) is 24.3 Å².